The van der Waals surface area contributed by atoms with E-state index in [1.807, 2.05) is 0 Å². The van der Waals surface area contributed by atoms with E-state index < -0.39 is 5.91 Å². The molecule has 1 aromatic heterocycles. The summed E-state index contributed by atoms with van der Waals surface area (Å²) < 4.78 is 0. The number of carbonyl (C=O) groups excluding carboxylic acids is 2. The van der Waals surface area contributed by atoms with Crippen molar-refractivity contribution in [1.29, 1.82) is 0 Å². The first-order chi connectivity index (χ1) is 14.1. The summed E-state index contributed by atoms with van der Waals surface area (Å²) >= 11 is 0. The number of aromatic amines is 1. The van der Waals surface area contributed by atoms with Crippen molar-refractivity contribution in [3.63, 3.8) is 0 Å². The summed E-state index contributed by atoms with van der Waals surface area (Å²) in [7, 11) is 0. The SMILES string of the molecule is NC(=O)c1cc(C(=O)NCC2c3ccccc3CCN2CC2CCCCC2)c[nH]1. The van der Waals surface area contributed by atoms with Gasteiger partial charge in [0.25, 0.3) is 11.8 Å². The molecule has 0 bridgehead atoms. The zero-order valence-electron chi connectivity index (χ0n) is 16.8. The second-order valence-electron chi connectivity index (χ2n) is 8.34. The van der Waals surface area contributed by atoms with E-state index in [2.05, 4.69) is 39.5 Å². The second kappa shape index (κ2) is 8.82. The van der Waals surface area contributed by atoms with Crippen LogP contribution < -0.4 is 11.1 Å². The number of nitrogens with one attached hydrogen (secondary N) is 2. The van der Waals surface area contributed by atoms with Crippen LogP contribution in [-0.2, 0) is 6.42 Å². The van der Waals surface area contributed by atoms with Crippen molar-refractivity contribution in [2.24, 2.45) is 11.7 Å². The van der Waals surface area contributed by atoms with Crippen LogP contribution in [0.2, 0.25) is 0 Å². The summed E-state index contributed by atoms with van der Waals surface area (Å²) in [5.74, 6) is 0.00773. The summed E-state index contributed by atoms with van der Waals surface area (Å²) in [6, 6.07) is 10.3. The Hall–Kier alpha value is -2.60. The number of fused-ring (bicyclic) bond motifs is 1. The highest BCUT2D eigenvalue weighted by molar-refractivity contribution is 5.98. The Morgan fingerprint density at radius 3 is 2.72 bits per heavy atom. The summed E-state index contributed by atoms with van der Waals surface area (Å²) in [5.41, 5.74) is 8.65. The molecule has 1 fully saturated rings. The van der Waals surface area contributed by atoms with E-state index >= 15 is 0 Å². The van der Waals surface area contributed by atoms with Crippen molar-refractivity contribution in [2.75, 3.05) is 19.6 Å². The van der Waals surface area contributed by atoms with E-state index in [-0.39, 0.29) is 17.6 Å². The average molecular weight is 395 g/mol. The van der Waals surface area contributed by atoms with E-state index in [1.54, 1.807) is 0 Å². The van der Waals surface area contributed by atoms with Gasteiger partial charge in [0.1, 0.15) is 5.69 Å². The zero-order chi connectivity index (χ0) is 20.2. The second-order valence-corrected chi connectivity index (χ2v) is 8.34. The molecule has 1 atom stereocenters. The molecule has 0 spiro atoms. The number of hydrogen-bond acceptors (Lipinski definition) is 3. The van der Waals surface area contributed by atoms with Crippen molar-refractivity contribution in [3.8, 4) is 0 Å². The predicted octanol–water partition coefficient (Wildman–Crippen LogP) is 3.02. The normalized spacial score (nSPS) is 20.2. The zero-order valence-corrected chi connectivity index (χ0v) is 16.8. The molecular weight excluding hydrogens is 364 g/mol. The van der Waals surface area contributed by atoms with Crippen molar-refractivity contribution in [2.45, 2.75) is 44.6 Å². The number of primary amides is 1. The quantitative estimate of drug-likeness (QED) is 0.703. The van der Waals surface area contributed by atoms with Gasteiger partial charge >= 0.3 is 0 Å². The molecule has 2 heterocycles. The van der Waals surface area contributed by atoms with E-state index in [1.165, 1.54) is 55.5 Å². The average Bonchev–Trinajstić information content (AvgIpc) is 3.24. The lowest BCUT2D eigenvalue weighted by Gasteiger charge is -2.40. The van der Waals surface area contributed by atoms with Gasteiger partial charge in [-0.25, -0.2) is 0 Å². The Kier molecular flexibility index (Phi) is 6.00. The molecule has 2 aliphatic rings. The van der Waals surface area contributed by atoms with Gasteiger partial charge in [-0.1, -0.05) is 43.5 Å². The van der Waals surface area contributed by atoms with Crippen molar-refractivity contribution in [3.05, 3.63) is 58.9 Å². The van der Waals surface area contributed by atoms with Crippen LogP contribution in [0.1, 0.15) is 70.1 Å². The maximum absolute atomic E-state index is 12.6. The first kappa shape index (κ1) is 19.7. The van der Waals surface area contributed by atoms with Gasteiger partial charge in [-0.05, 0) is 42.4 Å². The number of benzene rings is 1. The maximum atomic E-state index is 12.6. The molecule has 1 saturated carbocycles. The number of rotatable bonds is 6. The lowest BCUT2D eigenvalue weighted by molar-refractivity contribution is 0.0914. The number of carbonyl (C=O) groups is 2. The van der Waals surface area contributed by atoms with Crippen LogP contribution in [0.25, 0.3) is 0 Å². The van der Waals surface area contributed by atoms with Gasteiger partial charge in [-0.3, -0.25) is 14.5 Å². The molecular formula is C23H30N4O2. The largest absolute Gasteiger partial charge is 0.364 e. The van der Waals surface area contributed by atoms with Crippen LogP contribution >= 0.6 is 0 Å². The molecule has 154 valence electrons. The maximum Gasteiger partial charge on any atom is 0.265 e. The van der Waals surface area contributed by atoms with Crippen molar-refractivity contribution >= 4 is 11.8 Å². The third-order valence-corrected chi connectivity index (χ3v) is 6.41. The Morgan fingerprint density at radius 2 is 1.97 bits per heavy atom. The lowest BCUT2D eigenvalue weighted by Crippen LogP contribution is -2.44. The van der Waals surface area contributed by atoms with Gasteiger partial charge in [0.2, 0.25) is 0 Å². The molecule has 0 saturated heterocycles. The Morgan fingerprint density at radius 1 is 1.17 bits per heavy atom. The van der Waals surface area contributed by atoms with Gasteiger partial charge in [-0.2, -0.15) is 0 Å². The molecule has 2 aromatic rings. The first-order valence-corrected chi connectivity index (χ1v) is 10.7. The number of amides is 2. The van der Waals surface area contributed by atoms with E-state index in [9.17, 15) is 9.59 Å². The first-order valence-electron chi connectivity index (χ1n) is 10.7. The van der Waals surface area contributed by atoms with Crippen LogP contribution in [0.3, 0.4) is 0 Å². The molecule has 6 heteroatoms. The van der Waals surface area contributed by atoms with E-state index in [4.69, 9.17) is 5.73 Å². The van der Waals surface area contributed by atoms with E-state index in [0.29, 0.717) is 12.1 Å². The topological polar surface area (TPSA) is 91.2 Å². The number of hydrogen-bond donors (Lipinski definition) is 3. The fourth-order valence-corrected chi connectivity index (χ4v) is 4.82. The highest BCUT2D eigenvalue weighted by atomic mass is 16.2. The number of aromatic nitrogens is 1. The van der Waals surface area contributed by atoms with Gasteiger partial charge in [-0.15, -0.1) is 0 Å². The molecule has 4 N–H and O–H groups in total. The summed E-state index contributed by atoms with van der Waals surface area (Å²) in [6.45, 7) is 2.69. The van der Waals surface area contributed by atoms with Crippen molar-refractivity contribution < 1.29 is 9.59 Å². The summed E-state index contributed by atoms with van der Waals surface area (Å²) in [4.78, 5) is 29.2. The molecule has 2 amide bonds. The van der Waals surface area contributed by atoms with Gasteiger partial charge < -0.3 is 16.0 Å². The summed E-state index contributed by atoms with van der Waals surface area (Å²) in [6.07, 6.45) is 9.27. The number of nitrogens with two attached hydrogens (primary N) is 1. The minimum atomic E-state index is -0.566. The number of nitrogens with zero attached hydrogens (tertiary/aromatic N) is 1. The molecule has 6 nitrogen and oxygen atoms in total. The van der Waals surface area contributed by atoms with Crippen molar-refractivity contribution in [1.82, 2.24) is 15.2 Å². The van der Waals surface area contributed by atoms with Gasteiger partial charge in [0.15, 0.2) is 0 Å². The van der Waals surface area contributed by atoms with Crippen LogP contribution in [0.15, 0.2) is 36.5 Å². The standard InChI is InChI=1S/C23H30N4O2/c24-22(28)20-12-18(13-25-20)23(29)26-14-21-19-9-5-4-8-17(19)10-11-27(21)15-16-6-2-1-3-7-16/h4-5,8-9,12-13,16,21,25H,1-3,6-7,10-11,14-15H2,(H2,24,28)(H,26,29). The molecule has 1 aliphatic heterocycles. The van der Waals surface area contributed by atoms with Gasteiger partial charge in [0.05, 0.1) is 11.6 Å². The minimum Gasteiger partial charge on any atom is -0.364 e. The number of H-pyrrole nitrogens is 1. The molecule has 1 unspecified atom stereocenters. The highest BCUT2D eigenvalue weighted by Gasteiger charge is 2.29. The van der Waals surface area contributed by atoms with Crippen LogP contribution in [0.4, 0.5) is 0 Å². The molecule has 29 heavy (non-hydrogen) atoms. The fraction of sp³-hybridized carbons (Fsp3) is 0.478. The van der Waals surface area contributed by atoms with Crippen LogP contribution in [0.5, 0.6) is 0 Å². The molecule has 4 rings (SSSR count). The van der Waals surface area contributed by atoms with Crippen LogP contribution in [-0.4, -0.2) is 41.3 Å². The fourth-order valence-electron chi connectivity index (χ4n) is 4.82. The Labute approximate surface area is 171 Å². The minimum absolute atomic E-state index is 0.181. The molecule has 1 aromatic carbocycles. The smallest absolute Gasteiger partial charge is 0.265 e. The Balaban J connectivity index is 1.47. The third kappa shape index (κ3) is 4.53. The highest BCUT2D eigenvalue weighted by Crippen LogP contribution is 2.32. The van der Waals surface area contributed by atoms with Crippen LogP contribution in [0, 0.1) is 5.92 Å². The monoisotopic (exact) mass is 394 g/mol. The Bertz CT molecular complexity index is 869. The van der Waals surface area contributed by atoms with Gasteiger partial charge in [0, 0.05) is 25.8 Å². The predicted molar refractivity (Wildman–Crippen MR) is 113 cm³/mol. The molecule has 1 aliphatic carbocycles. The molecule has 0 radical (unpaired) electrons. The van der Waals surface area contributed by atoms with E-state index in [0.717, 1.165) is 25.4 Å². The lowest BCUT2D eigenvalue weighted by atomic mass is 9.86. The summed E-state index contributed by atoms with van der Waals surface area (Å²) in [5, 5.41) is 3.08. The third-order valence-electron chi connectivity index (χ3n) is 6.41.